The van der Waals surface area contributed by atoms with Crippen LogP contribution in [0.2, 0.25) is 0 Å². The van der Waals surface area contributed by atoms with Gasteiger partial charge in [-0.05, 0) is 37.0 Å². The fourth-order valence-electron chi connectivity index (χ4n) is 3.08. The maximum atomic E-state index is 9.05. The lowest BCUT2D eigenvalue weighted by atomic mass is 9.97. The summed E-state index contributed by atoms with van der Waals surface area (Å²) in [5, 5.41) is 9.05. The Hall–Kier alpha value is -1.58. The lowest BCUT2D eigenvalue weighted by Gasteiger charge is -2.19. The molecule has 1 aliphatic rings. The normalized spacial score (nSPS) is 23.3. The topological polar surface area (TPSA) is 36.6 Å². The smallest absolute Gasteiger partial charge is 0.129 e. The quantitative estimate of drug-likeness (QED) is 0.928. The largest absolute Gasteiger partial charge is 0.462 e. The van der Waals surface area contributed by atoms with Gasteiger partial charge in [-0.25, -0.2) is 0 Å². The Morgan fingerprint density at radius 1 is 1.15 bits per heavy atom. The molecule has 0 amide bonds. The summed E-state index contributed by atoms with van der Waals surface area (Å²) in [6.07, 6.45) is 1.19. The molecule has 106 valence electrons. The summed E-state index contributed by atoms with van der Waals surface area (Å²) in [7, 11) is 0. The molecule has 2 atom stereocenters. The zero-order valence-electron chi connectivity index (χ0n) is 11.8. The van der Waals surface area contributed by atoms with E-state index in [9.17, 15) is 0 Å². The maximum Gasteiger partial charge on any atom is 0.129 e. The first kappa shape index (κ1) is 13.4. The number of rotatable bonds is 4. The molecule has 1 N–H and O–H groups in total. The first-order valence-corrected chi connectivity index (χ1v) is 7.23. The molecule has 0 bridgehead atoms. The molecule has 20 heavy (non-hydrogen) atoms. The molecule has 1 aliphatic heterocycles. The van der Waals surface area contributed by atoms with E-state index in [0.717, 1.165) is 18.8 Å². The van der Waals surface area contributed by atoms with Gasteiger partial charge in [0.15, 0.2) is 0 Å². The minimum absolute atomic E-state index is 0.0256. The lowest BCUT2D eigenvalue weighted by Crippen LogP contribution is -2.26. The van der Waals surface area contributed by atoms with Gasteiger partial charge >= 0.3 is 0 Å². The van der Waals surface area contributed by atoms with Gasteiger partial charge in [0, 0.05) is 12.6 Å². The van der Waals surface area contributed by atoms with E-state index in [2.05, 4.69) is 42.2 Å². The van der Waals surface area contributed by atoms with E-state index in [1.807, 2.05) is 12.1 Å². The fourth-order valence-corrected chi connectivity index (χ4v) is 3.08. The standard InChI is InChI=1S/C17H21NO2/c1-13-9-15(14-5-3-2-4-6-14)10-18(13)11-16-7-8-17(12-19)20-16/h2-8,13,15,19H,9-12H2,1H3/t13-,15+/m1/s1. The summed E-state index contributed by atoms with van der Waals surface area (Å²) in [6, 6.07) is 15.1. The van der Waals surface area contributed by atoms with E-state index in [1.165, 1.54) is 12.0 Å². The van der Waals surface area contributed by atoms with Gasteiger partial charge in [-0.2, -0.15) is 0 Å². The van der Waals surface area contributed by atoms with Crippen molar-refractivity contribution in [1.82, 2.24) is 4.90 Å². The highest BCUT2D eigenvalue weighted by atomic mass is 16.4. The third-order valence-electron chi connectivity index (χ3n) is 4.21. The number of aliphatic hydroxyl groups is 1. The predicted octanol–water partition coefficient (Wildman–Crippen LogP) is 3.15. The number of furan rings is 1. The Balaban J connectivity index is 1.66. The van der Waals surface area contributed by atoms with E-state index in [0.29, 0.717) is 17.7 Å². The molecular formula is C17H21NO2. The molecule has 3 rings (SSSR count). The van der Waals surface area contributed by atoms with Gasteiger partial charge in [0.05, 0.1) is 6.54 Å². The minimum atomic E-state index is -0.0256. The van der Waals surface area contributed by atoms with E-state index in [4.69, 9.17) is 9.52 Å². The Morgan fingerprint density at radius 3 is 2.60 bits per heavy atom. The second-order valence-corrected chi connectivity index (χ2v) is 5.65. The SMILES string of the molecule is C[C@@H]1C[C@H](c2ccccc2)CN1Cc1ccc(CO)o1. The van der Waals surface area contributed by atoms with E-state index >= 15 is 0 Å². The van der Waals surface area contributed by atoms with Crippen LogP contribution in [0.25, 0.3) is 0 Å². The van der Waals surface area contributed by atoms with Crippen LogP contribution in [0.4, 0.5) is 0 Å². The van der Waals surface area contributed by atoms with Crippen molar-refractivity contribution in [3.05, 3.63) is 59.5 Å². The maximum absolute atomic E-state index is 9.05. The van der Waals surface area contributed by atoms with Crippen LogP contribution in [0, 0.1) is 0 Å². The van der Waals surface area contributed by atoms with Gasteiger partial charge < -0.3 is 9.52 Å². The lowest BCUT2D eigenvalue weighted by molar-refractivity contribution is 0.215. The highest BCUT2D eigenvalue weighted by Gasteiger charge is 2.30. The molecular weight excluding hydrogens is 250 g/mol. The highest BCUT2D eigenvalue weighted by molar-refractivity contribution is 5.21. The summed E-state index contributed by atoms with van der Waals surface area (Å²) in [5.74, 6) is 2.19. The first-order chi connectivity index (χ1) is 9.76. The van der Waals surface area contributed by atoms with Crippen molar-refractivity contribution in [3.63, 3.8) is 0 Å². The number of hydrogen-bond donors (Lipinski definition) is 1. The summed E-state index contributed by atoms with van der Waals surface area (Å²) >= 11 is 0. The molecule has 1 saturated heterocycles. The number of hydrogen-bond acceptors (Lipinski definition) is 3. The van der Waals surface area contributed by atoms with E-state index < -0.39 is 0 Å². The summed E-state index contributed by atoms with van der Waals surface area (Å²) < 4.78 is 5.59. The molecule has 1 fully saturated rings. The Bertz CT molecular complexity index is 549. The molecule has 1 aromatic carbocycles. The van der Waals surface area contributed by atoms with E-state index in [-0.39, 0.29) is 6.61 Å². The van der Waals surface area contributed by atoms with Gasteiger partial charge in [0.2, 0.25) is 0 Å². The molecule has 0 spiro atoms. The van der Waals surface area contributed by atoms with Crippen molar-refractivity contribution < 1.29 is 9.52 Å². The van der Waals surface area contributed by atoms with Crippen LogP contribution in [-0.4, -0.2) is 22.6 Å². The Kier molecular flexibility index (Phi) is 3.90. The second kappa shape index (κ2) is 5.81. The summed E-state index contributed by atoms with van der Waals surface area (Å²) in [6.45, 7) is 4.14. The van der Waals surface area contributed by atoms with Crippen molar-refractivity contribution in [1.29, 1.82) is 0 Å². The second-order valence-electron chi connectivity index (χ2n) is 5.65. The minimum Gasteiger partial charge on any atom is -0.462 e. The molecule has 3 nitrogen and oxygen atoms in total. The predicted molar refractivity (Wildman–Crippen MR) is 78.3 cm³/mol. The zero-order chi connectivity index (χ0) is 13.9. The molecule has 2 aromatic rings. The van der Waals surface area contributed by atoms with E-state index in [1.54, 1.807) is 0 Å². The van der Waals surface area contributed by atoms with Crippen molar-refractivity contribution in [2.75, 3.05) is 6.54 Å². The van der Waals surface area contributed by atoms with Crippen LogP contribution in [-0.2, 0) is 13.2 Å². The number of nitrogens with zero attached hydrogens (tertiary/aromatic N) is 1. The molecule has 0 aliphatic carbocycles. The Labute approximate surface area is 119 Å². The molecule has 2 heterocycles. The van der Waals surface area contributed by atoms with Crippen molar-refractivity contribution in [2.45, 2.75) is 38.5 Å². The van der Waals surface area contributed by atoms with Crippen molar-refractivity contribution >= 4 is 0 Å². The van der Waals surface area contributed by atoms with Crippen LogP contribution < -0.4 is 0 Å². The first-order valence-electron chi connectivity index (χ1n) is 7.23. The zero-order valence-corrected chi connectivity index (χ0v) is 11.8. The fraction of sp³-hybridized carbons (Fsp3) is 0.412. The van der Waals surface area contributed by atoms with Gasteiger partial charge in [0.1, 0.15) is 18.1 Å². The van der Waals surface area contributed by atoms with Gasteiger partial charge in [-0.15, -0.1) is 0 Å². The van der Waals surface area contributed by atoms with Crippen LogP contribution in [0.1, 0.15) is 36.3 Å². The molecule has 3 heteroatoms. The Morgan fingerprint density at radius 2 is 1.90 bits per heavy atom. The average molecular weight is 271 g/mol. The van der Waals surface area contributed by atoms with Crippen molar-refractivity contribution in [2.24, 2.45) is 0 Å². The number of benzene rings is 1. The van der Waals surface area contributed by atoms with Gasteiger partial charge in [0.25, 0.3) is 0 Å². The summed E-state index contributed by atoms with van der Waals surface area (Å²) in [5.41, 5.74) is 1.43. The van der Waals surface area contributed by atoms with Crippen LogP contribution in [0.3, 0.4) is 0 Å². The van der Waals surface area contributed by atoms with Crippen molar-refractivity contribution in [3.8, 4) is 0 Å². The third kappa shape index (κ3) is 2.79. The van der Waals surface area contributed by atoms with Crippen LogP contribution >= 0.6 is 0 Å². The molecule has 0 saturated carbocycles. The molecule has 0 radical (unpaired) electrons. The monoisotopic (exact) mass is 271 g/mol. The third-order valence-corrected chi connectivity index (χ3v) is 4.21. The van der Waals surface area contributed by atoms with Crippen LogP contribution in [0.5, 0.6) is 0 Å². The molecule has 0 unspecified atom stereocenters. The highest BCUT2D eigenvalue weighted by Crippen LogP contribution is 2.32. The van der Waals surface area contributed by atoms with Crippen LogP contribution in [0.15, 0.2) is 46.9 Å². The summed E-state index contributed by atoms with van der Waals surface area (Å²) in [4.78, 5) is 2.46. The molecule has 1 aromatic heterocycles. The number of aliphatic hydroxyl groups excluding tert-OH is 1. The average Bonchev–Trinajstić information content (AvgIpc) is 3.08. The number of likely N-dealkylation sites (tertiary alicyclic amines) is 1. The van der Waals surface area contributed by atoms with Gasteiger partial charge in [-0.3, -0.25) is 4.90 Å². The van der Waals surface area contributed by atoms with Gasteiger partial charge in [-0.1, -0.05) is 30.3 Å².